The Morgan fingerprint density at radius 1 is 1.10 bits per heavy atom. The van der Waals surface area contributed by atoms with Crippen molar-refractivity contribution in [2.24, 2.45) is 5.16 Å². The van der Waals surface area contributed by atoms with Crippen LogP contribution in [0.1, 0.15) is 63.0 Å². The monoisotopic (exact) mass is 275 g/mol. The fourth-order valence-electron chi connectivity index (χ4n) is 2.78. The number of rotatable bonds is 8. The first-order valence-corrected chi connectivity index (χ1v) is 7.82. The van der Waals surface area contributed by atoms with Crippen LogP contribution in [0, 0.1) is 0 Å². The topological polar surface area (TPSA) is 41.8 Å². The second kappa shape index (κ2) is 7.93. The van der Waals surface area contributed by atoms with Gasteiger partial charge in [0.2, 0.25) is 0 Å². The summed E-state index contributed by atoms with van der Waals surface area (Å²) in [6.45, 7) is 3.03. The van der Waals surface area contributed by atoms with Crippen LogP contribution < -0.4 is 4.74 Å². The van der Waals surface area contributed by atoms with Gasteiger partial charge in [0, 0.05) is 11.1 Å². The third kappa shape index (κ3) is 3.75. The summed E-state index contributed by atoms with van der Waals surface area (Å²) in [5, 5.41) is 12.3. The average Bonchev–Trinajstić information content (AvgIpc) is 2.90. The van der Waals surface area contributed by atoms with Crippen molar-refractivity contribution in [1.82, 2.24) is 0 Å². The fraction of sp³-hybridized carbons (Fsp3) is 0.588. The Hall–Kier alpha value is -1.51. The molecule has 1 N–H and O–H groups in total. The second-order valence-corrected chi connectivity index (χ2v) is 5.45. The molecule has 3 heteroatoms. The van der Waals surface area contributed by atoms with Gasteiger partial charge in [-0.15, -0.1) is 0 Å². The molecule has 0 atom stereocenters. The van der Waals surface area contributed by atoms with Crippen LogP contribution in [0.2, 0.25) is 0 Å². The maximum atomic E-state index is 8.97. The van der Waals surface area contributed by atoms with Crippen molar-refractivity contribution in [2.45, 2.75) is 58.3 Å². The lowest BCUT2D eigenvalue weighted by Gasteiger charge is -2.10. The van der Waals surface area contributed by atoms with E-state index >= 15 is 0 Å². The lowest BCUT2D eigenvalue weighted by Crippen LogP contribution is -2.01. The predicted octanol–water partition coefficient (Wildman–Crippen LogP) is 4.55. The number of benzene rings is 1. The summed E-state index contributed by atoms with van der Waals surface area (Å²) in [6.07, 6.45) is 9.38. The largest absolute Gasteiger partial charge is 0.493 e. The van der Waals surface area contributed by atoms with Crippen molar-refractivity contribution < 1.29 is 9.94 Å². The van der Waals surface area contributed by atoms with E-state index in [1.165, 1.54) is 37.7 Å². The summed E-state index contributed by atoms with van der Waals surface area (Å²) in [4.78, 5) is 0. The molecule has 0 aromatic heterocycles. The van der Waals surface area contributed by atoms with Gasteiger partial charge in [0.25, 0.3) is 0 Å². The molecule has 0 fully saturated rings. The SMILES string of the molecule is CCCCCCCCOc1cccc2c1CCC2=NO. The maximum absolute atomic E-state index is 8.97. The fourth-order valence-corrected chi connectivity index (χ4v) is 2.78. The summed E-state index contributed by atoms with van der Waals surface area (Å²) in [7, 11) is 0. The number of hydrogen-bond acceptors (Lipinski definition) is 3. The summed E-state index contributed by atoms with van der Waals surface area (Å²) in [5.74, 6) is 0.967. The van der Waals surface area contributed by atoms with E-state index in [4.69, 9.17) is 9.94 Å². The van der Waals surface area contributed by atoms with Crippen LogP contribution in [0.3, 0.4) is 0 Å². The highest BCUT2D eigenvalue weighted by molar-refractivity contribution is 6.04. The highest BCUT2D eigenvalue weighted by atomic mass is 16.5. The van der Waals surface area contributed by atoms with E-state index in [1.54, 1.807) is 0 Å². The lowest BCUT2D eigenvalue weighted by atomic mass is 10.1. The van der Waals surface area contributed by atoms with Crippen LogP contribution in [0.25, 0.3) is 0 Å². The van der Waals surface area contributed by atoms with Gasteiger partial charge in [0.1, 0.15) is 5.75 Å². The van der Waals surface area contributed by atoms with Gasteiger partial charge in [0.05, 0.1) is 12.3 Å². The summed E-state index contributed by atoms with van der Waals surface area (Å²) >= 11 is 0. The molecule has 0 saturated heterocycles. The lowest BCUT2D eigenvalue weighted by molar-refractivity contribution is 0.302. The van der Waals surface area contributed by atoms with Crippen molar-refractivity contribution in [1.29, 1.82) is 0 Å². The molecule has 110 valence electrons. The van der Waals surface area contributed by atoms with Crippen LogP contribution in [-0.2, 0) is 6.42 Å². The van der Waals surface area contributed by atoms with Crippen molar-refractivity contribution in [3.05, 3.63) is 29.3 Å². The minimum Gasteiger partial charge on any atom is -0.493 e. The molecule has 0 spiro atoms. The van der Waals surface area contributed by atoms with Gasteiger partial charge in [-0.25, -0.2) is 0 Å². The molecule has 3 nitrogen and oxygen atoms in total. The molecule has 1 aliphatic carbocycles. The molecule has 1 aromatic carbocycles. The number of oxime groups is 1. The molecular weight excluding hydrogens is 250 g/mol. The van der Waals surface area contributed by atoms with Gasteiger partial charge in [-0.3, -0.25) is 0 Å². The molecule has 2 rings (SSSR count). The van der Waals surface area contributed by atoms with E-state index in [2.05, 4.69) is 12.1 Å². The molecular formula is C17H25NO2. The minimum absolute atomic E-state index is 0.782. The highest BCUT2D eigenvalue weighted by Gasteiger charge is 2.21. The van der Waals surface area contributed by atoms with Crippen LogP contribution in [0.15, 0.2) is 23.4 Å². The number of ether oxygens (including phenoxy) is 1. The second-order valence-electron chi connectivity index (χ2n) is 5.45. The van der Waals surface area contributed by atoms with E-state index in [-0.39, 0.29) is 0 Å². The molecule has 1 aliphatic rings. The average molecular weight is 275 g/mol. The minimum atomic E-state index is 0.782. The first-order chi connectivity index (χ1) is 9.86. The Bertz CT molecular complexity index is 454. The van der Waals surface area contributed by atoms with Crippen LogP contribution in [0.4, 0.5) is 0 Å². The van der Waals surface area contributed by atoms with Crippen LogP contribution >= 0.6 is 0 Å². The number of fused-ring (bicyclic) bond motifs is 1. The highest BCUT2D eigenvalue weighted by Crippen LogP contribution is 2.31. The van der Waals surface area contributed by atoms with E-state index in [0.717, 1.165) is 42.9 Å². The normalized spacial score (nSPS) is 15.6. The molecule has 0 amide bonds. The Morgan fingerprint density at radius 2 is 1.90 bits per heavy atom. The third-order valence-corrected chi connectivity index (χ3v) is 3.93. The van der Waals surface area contributed by atoms with E-state index < -0.39 is 0 Å². The van der Waals surface area contributed by atoms with Gasteiger partial charge < -0.3 is 9.94 Å². The molecule has 0 heterocycles. The number of unbranched alkanes of at least 4 members (excludes halogenated alkanes) is 5. The Morgan fingerprint density at radius 3 is 2.70 bits per heavy atom. The van der Waals surface area contributed by atoms with Gasteiger partial charge in [-0.1, -0.05) is 56.3 Å². The van der Waals surface area contributed by atoms with Crippen LogP contribution in [-0.4, -0.2) is 17.5 Å². The first-order valence-electron chi connectivity index (χ1n) is 7.82. The molecule has 0 saturated carbocycles. The third-order valence-electron chi connectivity index (χ3n) is 3.93. The zero-order valence-electron chi connectivity index (χ0n) is 12.4. The van der Waals surface area contributed by atoms with Gasteiger partial charge in [-0.05, 0) is 25.3 Å². The zero-order valence-corrected chi connectivity index (χ0v) is 12.4. The van der Waals surface area contributed by atoms with Crippen molar-refractivity contribution in [2.75, 3.05) is 6.61 Å². The van der Waals surface area contributed by atoms with E-state index in [0.29, 0.717) is 0 Å². The van der Waals surface area contributed by atoms with E-state index in [9.17, 15) is 0 Å². The Labute approximate surface area is 121 Å². The summed E-state index contributed by atoms with van der Waals surface area (Å²) in [5.41, 5.74) is 3.03. The van der Waals surface area contributed by atoms with Crippen LogP contribution in [0.5, 0.6) is 5.75 Å². The van der Waals surface area contributed by atoms with Gasteiger partial charge >= 0.3 is 0 Å². The molecule has 0 unspecified atom stereocenters. The van der Waals surface area contributed by atoms with Crippen molar-refractivity contribution >= 4 is 5.71 Å². The Kier molecular flexibility index (Phi) is 5.90. The molecule has 0 bridgehead atoms. The van der Waals surface area contributed by atoms with Crippen molar-refractivity contribution in [3.63, 3.8) is 0 Å². The smallest absolute Gasteiger partial charge is 0.123 e. The standard InChI is InChI=1S/C17H25NO2/c1-2-3-4-5-6-7-13-20-17-10-8-9-14-15(17)11-12-16(14)18-19/h8-10,19H,2-7,11-13H2,1H3. The molecule has 20 heavy (non-hydrogen) atoms. The zero-order chi connectivity index (χ0) is 14.2. The van der Waals surface area contributed by atoms with Gasteiger partial charge in [-0.2, -0.15) is 0 Å². The van der Waals surface area contributed by atoms with Crippen molar-refractivity contribution in [3.8, 4) is 5.75 Å². The molecule has 0 aliphatic heterocycles. The predicted molar refractivity (Wildman–Crippen MR) is 82.0 cm³/mol. The Balaban J connectivity index is 1.79. The summed E-state index contributed by atoms with van der Waals surface area (Å²) in [6, 6.07) is 6.01. The number of nitrogens with zero attached hydrogens (tertiary/aromatic N) is 1. The summed E-state index contributed by atoms with van der Waals surface area (Å²) < 4.78 is 5.91. The molecule has 1 aromatic rings. The first kappa shape index (κ1) is 14.9. The number of hydrogen-bond donors (Lipinski definition) is 1. The van der Waals surface area contributed by atoms with Gasteiger partial charge in [0.15, 0.2) is 0 Å². The molecule has 0 radical (unpaired) electrons. The quantitative estimate of drug-likeness (QED) is 0.429. The maximum Gasteiger partial charge on any atom is 0.123 e. The van der Waals surface area contributed by atoms with E-state index in [1.807, 2.05) is 18.2 Å².